The molecular formula is C36H36ClN5O3. The first-order chi connectivity index (χ1) is 22.0. The van der Waals surface area contributed by atoms with Crippen LogP contribution in [0, 0.1) is 0 Å². The number of carbonyl (C=O) groups is 2. The first-order valence-electron chi connectivity index (χ1n) is 15.3. The first-order valence-corrected chi connectivity index (χ1v) is 15.8. The van der Waals surface area contributed by atoms with E-state index in [1.54, 1.807) is 23.2 Å². The molecule has 0 spiro atoms. The Morgan fingerprint density at radius 1 is 0.778 bits per heavy atom. The lowest BCUT2D eigenvalue weighted by atomic mass is 9.88. The molecule has 2 N–H and O–H groups in total. The predicted molar refractivity (Wildman–Crippen MR) is 179 cm³/mol. The van der Waals surface area contributed by atoms with Gasteiger partial charge in [0, 0.05) is 57.3 Å². The number of phenolic OH excluding ortho intramolecular Hbond substituents is 1. The number of anilines is 2. The summed E-state index contributed by atoms with van der Waals surface area (Å²) in [6.45, 7) is 4.73. The van der Waals surface area contributed by atoms with Crippen LogP contribution >= 0.6 is 11.6 Å². The van der Waals surface area contributed by atoms with Crippen LogP contribution in [0.1, 0.15) is 35.2 Å². The molecule has 0 radical (unpaired) electrons. The summed E-state index contributed by atoms with van der Waals surface area (Å²) in [5.74, 6) is 0.501. The summed E-state index contributed by atoms with van der Waals surface area (Å²) in [5.41, 5.74) is 8.40. The minimum absolute atomic E-state index is 0.240. The zero-order valence-electron chi connectivity index (χ0n) is 25.0. The minimum atomic E-state index is -0.399. The normalized spacial score (nSPS) is 16.4. The molecule has 1 aromatic heterocycles. The van der Waals surface area contributed by atoms with Crippen LogP contribution in [-0.2, 0) is 11.3 Å². The van der Waals surface area contributed by atoms with Crippen LogP contribution in [0.4, 0.5) is 16.2 Å². The molecule has 2 aliphatic heterocycles. The van der Waals surface area contributed by atoms with E-state index in [4.69, 9.17) is 11.6 Å². The summed E-state index contributed by atoms with van der Waals surface area (Å²) in [5, 5.41) is 12.3. The second kappa shape index (κ2) is 14.0. The maximum absolute atomic E-state index is 12.1. The van der Waals surface area contributed by atoms with Gasteiger partial charge in [-0.2, -0.15) is 0 Å². The third-order valence-corrected chi connectivity index (χ3v) is 8.57. The number of pyridine rings is 1. The Labute approximate surface area is 268 Å². The topological polar surface area (TPSA) is 89.0 Å². The third kappa shape index (κ3) is 7.19. The number of nitrogens with one attached hydrogen (secondary N) is 1. The number of imide groups is 1. The zero-order valence-corrected chi connectivity index (χ0v) is 25.8. The monoisotopic (exact) mass is 621 g/mol. The van der Waals surface area contributed by atoms with Gasteiger partial charge in [-0.25, -0.2) is 4.79 Å². The number of hydrogen-bond acceptors (Lipinski definition) is 6. The van der Waals surface area contributed by atoms with E-state index in [1.807, 2.05) is 42.5 Å². The van der Waals surface area contributed by atoms with Crippen molar-refractivity contribution in [3.05, 3.63) is 120 Å². The fourth-order valence-corrected chi connectivity index (χ4v) is 6.19. The Morgan fingerprint density at radius 3 is 2.07 bits per heavy atom. The van der Waals surface area contributed by atoms with Gasteiger partial charge < -0.3 is 10.0 Å². The van der Waals surface area contributed by atoms with Crippen molar-refractivity contribution >= 4 is 46.1 Å². The summed E-state index contributed by atoms with van der Waals surface area (Å²) in [6.07, 6.45) is 2.72. The van der Waals surface area contributed by atoms with Crippen molar-refractivity contribution in [3.8, 4) is 5.75 Å². The molecule has 8 nitrogen and oxygen atoms in total. The average Bonchev–Trinajstić information content (AvgIpc) is 3.07. The van der Waals surface area contributed by atoms with Crippen LogP contribution < -0.4 is 15.1 Å². The Bertz CT molecular complexity index is 1650. The molecule has 3 heterocycles. The zero-order chi connectivity index (χ0) is 31.2. The van der Waals surface area contributed by atoms with Gasteiger partial charge in [-0.05, 0) is 70.7 Å². The summed E-state index contributed by atoms with van der Waals surface area (Å²) >= 11 is 6.31. The highest BCUT2D eigenvalue weighted by atomic mass is 35.5. The van der Waals surface area contributed by atoms with E-state index in [0.29, 0.717) is 24.5 Å². The number of urea groups is 1. The van der Waals surface area contributed by atoms with E-state index in [2.05, 4.69) is 56.5 Å². The molecule has 9 heteroatoms. The Balaban J connectivity index is 1.13. The second-order valence-electron chi connectivity index (χ2n) is 11.3. The number of allylic oxidation sites excluding steroid dienone is 1. The number of benzene rings is 3. The minimum Gasteiger partial charge on any atom is -0.508 e. The number of carbonyl (C=O) groups excluding carboxylic acids is 2. The van der Waals surface area contributed by atoms with Crippen molar-refractivity contribution in [2.75, 3.05) is 48.4 Å². The molecule has 45 heavy (non-hydrogen) atoms. The number of phenols is 1. The Hall–Kier alpha value is -4.66. The van der Waals surface area contributed by atoms with Crippen molar-refractivity contribution < 1.29 is 14.7 Å². The van der Waals surface area contributed by atoms with E-state index >= 15 is 0 Å². The van der Waals surface area contributed by atoms with Gasteiger partial charge in [0.2, 0.25) is 5.91 Å². The van der Waals surface area contributed by atoms with Crippen molar-refractivity contribution in [2.45, 2.75) is 19.4 Å². The number of nitrogens with zero attached hydrogens (tertiary/aromatic N) is 4. The van der Waals surface area contributed by atoms with E-state index in [1.165, 1.54) is 11.3 Å². The Kier molecular flexibility index (Phi) is 9.43. The fraction of sp³-hybridized carbons (Fsp3) is 0.250. The van der Waals surface area contributed by atoms with E-state index < -0.39 is 6.03 Å². The van der Waals surface area contributed by atoms with Crippen LogP contribution in [0.5, 0.6) is 5.75 Å². The quantitative estimate of drug-likeness (QED) is 0.172. The van der Waals surface area contributed by atoms with Crippen LogP contribution in [0.3, 0.4) is 0 Å². The van der Waals surface area contributed by atoms with Crippen LogP contribution in [0.15, 0.2) is 97.2 Å². The Morgan fingerprint density at radius 2 is 1.44 bits per heavy atom. The van der Waals surface area contributed by atoms with Gasteiger partial charge in [0.05, 0.1) is 17.6 Å². The largest absolute Gasteiger partial charge is 0.508 e. The number of aromatic nitrogens is 1. The van der Waals surface area contributed by atoms with Crippen molar-refractivity contribution in [1.29, 1.82) is 0 Å². The summed E-state index contributed by atoms with van der Waals surface area (Å²) in [4.78, 5) is 34.5. The van der Waals surface area contributed by atoms with Crippen molar-refractivity contribution in [1.82, 2.24) is 15.2 Å². The van der Waals surface area contributed by atoms with Gasteiger partial charge in [0.15, 0.2) is 0 Å². The third-order valence-electron chi connectivity index (χ3n) is 8.38. The van der Waals surface area contributed by atoms with Gasteiger partial charge >= 0.3 is 6.03 Å². The van der Waals surface area contributed by atoms with Gasteiger partial charge in [-0.3, -0.25) is 24.9 Å². The molecule has 4 aromatic rings. The number of rotatable bonds is 9. The molecule has 2 saturated heterocycles. The van der Waals surface area contributed by atoms with E-state index in [0.717, 1.165) is 67.1 Å². The summed E-state index contributed by atoms with van der Waals surface area (Å²) in [7, 11) is 0. The lowest BCUT2D eigenvalue weighted by Gasteiger charge is -2.36. The van der Waals surface area contributed by atoms with E-state index in [9.17, 15) is 14.7 Å². The molecule has 2 aliphatic rings. The molecule has 0 bridgehead atoms. The van der Waals surface area contributed by atoms with E-state index in [-0.39, 0.29) is 11.7 Å². The SMILES string of the molecule is O=C1CCN(c2ccc(CN3CCN(c4ccc(C(=C(CCCl)c5ccccc5)c5ccc(O)cc5)cc4)CC3)nc2)C(=O)N1. The van der Waals surface area contributed by atoms with Gasteiger partial charge in [0.1, 0.15) is 5.75 Å². The number of alkyl halides is 1. The molecule has 3 amide bonds. The van der Waals surface area contributed by atoms with Crippen LogP contribution in [0.2, 0.25) is 0 Å². The standard InChI is InChI=1S/C36H36ClN5O3/c37-18-16-33(26-4-2-1-3-5-26)35(28-8-14-32(43)15-9-28)27-6-11-30(12-7-27)41-22-20-40(21-23-41)25-29-10-13-31(24-38-29)42-19-17-34(44)39-36(42)45/h1-15,24,43H,16-23,25H2,(H,39,44,45). The predicted octanol–water partition coefficient (Wildman–Crippen LogP) is 6.14. The van der Waals surface area contributed by atoms with Gasteiger partial charge in [0.25, 0.3) is 0 Å². The number of amides is 3. The molecule has 230 valence electrons. The van der Waals surface area contributed by atoms with Crippen LogP contribution in [-0.4, -0.2) is 65.5 Å². The van der Waals surface area contributed by atoms with Gasteiger partial charge in [-0.1, -0.05) is 54.6 Å². The summed E-state index contributed by atoms with van der Waals surface area (Å²) in [6, 6.07) is 29.9. The number of hydrogen-bond donors (Lipinski definition) is 2. The lowest BCUT2D eigenvalue weighted by Crippen LogP contribution is -2.49. The van der Waals surface area contributed by atoms with Crippen LogP contribution in [0.25, 0.3) is 11.1 Å². The number of piperazine rings is 1. The van der Waals surface area contributed by atoms with Crippen molar-refractivity contribution in [2.24, 2.45) is 0 Å². The molecule has 0 saturated carbocycles. The number of aromatic hydroxyl groups is 1. The lowest BCUT2D eigenvalue weighted by molar-refractivity contribution is -0.120. The average molecular weight is 622 g/mol. The fourth-order valence-electron chi connectivity index (χ4n) is 6.00. The maximum Gasteiger partial charge on any atom is 0.328 e. The second-order valence-corrected chi connectivity index (χ2v) is 11.7. The highest BCUT2D eigenvalue weighted by Crippen LogP contribution is 2.36. The first kappa shape index (κ1) is 30.4. The molecule has 0 atom stereocenters. The number of halogens is 1. The smallest absolute Gasteiger partial charge is 0.328 e. The molecular weight excluding hydrogens is 586 g/mol. The van der Waals surface area contributed by atoms with Gasteiger partial charge in [-0.15, -0.1) is 11.6 Å². The summed E-state index contributed by atoms with van der Waals surface area (Å²) < 4.78 is 0. The van der Waals surface area contributed by atoms with Crippen molar-refractivity contribution in [3.63, 3.8) is 0 Å². The highest BCUT2D eigenvalue weighted by Gasteiger charge is 2.25. The molecule has 2 fully saturated rings. The molecule has 0 unspecified atom stereocenters. The molecule has 6 rings (SSSR count). The maximum atomic E-state index is 12.1. The molecule has 3 aromatic carbocycles. The highest BCUT2D eigenvalue weighted by molar-refractivity contribution is 6.18. The molecule has 0 aliphatic carbocycles.